The van der Waals surface area contributed by atoms with Gasteiger partial charge in [0, 0.05) is 18.8 Å². The second-order valence-corrected chi connectivity index (χ2v) is 5.65. The van der Waals surface area contributed by atoms with Crippen molar-refractivity contribution in [3.05, 3.63) is 23.9 Å². The van der Waals surface area contributed by atoms with E-state index in [1.807, 2.05) is 6.20 Å². The van der Waals surface area contributed by atoms with Gasteiger partial charge in [-0.05, 0) is 64.3 Å². The molecule has 1 N–H and O–H groups in total. The maximum absolute atomic E-state index is 4.57. The monoisotopic (exact) mass is 247 g/mol. The quantitative estimate of drug-likeness (QED) is 0.886. The Kier molecular flexibility index (Phi) is 4.59. The Labute approximate surface area is 111 Å². The van der Waals surface area contributed by atoms with Gasteiger partial charge in [0.25, 0.3) is 0 Å². The first kappa shape index (κ1) is 13.3. The highest BCUT2D eigenvalue weighted by Gasteiger charge is 2.19. The van der Waals surface area contributed by atoms with Gasteiger partial charge < -0.3 is 10.2 Å². The Morgan fingerprint density at radius 1 is 1.44 bits per heavy atom. The molecule has 0 aromatic carbocycles. The molecule has 1 aliphatic rings. The van der Waals surface area contributed by atoms with Crippen LogP contribution in [0, 0.1) is 12.8 Å². The van der Waals surface area contributed by atoms with E-state index in [-0.39, 0.29) is 0 Å². The molecule has 100 valence electrons. The van der Waals surface area contributed by atoms with Gasteiger partial charge in [-0.25, -0.2) is 4.98 Å². The number of piperidine rings is 1. The normalized spacial score (nSPS) is 20.1. The van der Waals surface area contributed by atoms with Crippen LogP contribution < -0.4 is 10.2 Å². The van der Waals surface area contributed by atoms with Crippen molar-refractivity contribution < 1.29 is 0 Å². The Morgan fingerprint density at radius 2 is 2.28 bits per heavy atom. The zero-order valence-electron chi connectivity index (χ0n) is 11.8. The van der Waals surface area contributed by atoms with Gasteiger partial charge in [0.15, 0.2) is 0 Å². The molecule has 0 radical (unpaired) electrons. The first-order valence-corrected chi connectivity index (χ1v) is 7.07. The number of hydrogen-bond donors (Lipinski definition) is 1. The number of nitrogens with one attached hydrogen (secondary N) is 1. The third kappa shape index (κ3) is 3.45. The summed E-state index contributed by atoms with van der Waals surface area (Å²) >= 11 is 0. The van der Waals surface area contributed by atoms with E-state index in [0.717, 1.165) is 24.8 Å². The highest BCUT2D eigenvalue weighted by atomic mass is 15.2. The zero-order chi connectivity index (χ0) is 13.0. The summed E-state index contributed by atoms with van der Waals surface area (Å²) in [6.07, 6.45) is 4.60. The number of hydrogen-bond acceptors (Lipinski definition) is 3. The standard InChI is InChI=1S/C15H25N3/c1-12(2)18(11-14-5-4-8-16-10-14)15-7-6-13(3)9-17-15/h6-7,9,12,14,16H,4-5,8,10-11H2,1-3H3. The lowest BCUT2D eigenvalue weighted by Gasteiger charge is -2.33. The van der Waals surface area contributed by atoms with Crippen molar-refractivity contribution in [1.29, 1.82) is 0 Å². The Hall–Kier alpha value is -1.09. The second kappa shape index (κ2) is 6.19. The Morgan fingerprint density at radius 3 is 2.83 bits per heavy atom. The molecule has 0 aliphatic carbocycles. The van der Waals surface area contributed by atoms with Crippen molar-refractivity contribution in [3.8, 4) is 0 Å². The van der Waals surface area contributed by atoms with Crippen LogP contribution in [0.4, 0.5) is 5.82 Å². The molecule has 1 atom stereocenters. The minimum Gasteiger partial charge on any atom is -0.354 e. The summed E-state index contributed by atoms with van der Waals surface area (Å²) < 4.78 is 0. The first-order valence-electron chi connectivity index (χ1n) is 7.07. The molecule has 1 unspecified atom stereocenters. The van der Waals surface area contributed by atoms with Crippen LogP contribution in [0.15, 0.2) is 18.3 Å². The molecule has 1 fully saturated rings. The molecule has 2 rings (SSSR count). The minimum atomic E-state index is 0.502. The molecule has 0 spiro atoms. The number of aryl methyl sites for hydroxylation is 1. The van der Waals surface area contributed by atoms with Crippen molar-refractivity contribution in [1.82, 2.24) is 10.3 Å². The predicted octanol–water partition coefficient (Wildman–Crippen LogP) is 2.60. The molecule has 1 saturated heterocycles. The van der Waals surface area contributed by atoms with Crippen LogP contribution in [-0.4, -0.2) is 30.7 Å². The molecular weight excluding hydrogens is 222 g/mol. The molecule has 0 amide bonds. The van der Waals surface area contributed by atoms with Gasteiger partial charge in [-0.1, -0.05) is 6.07 Å². The summed E-state index contributed by atoms with van der Waals surface area (Å²) in [4.78, 5) is 7.00. The van der Waals surface area contributed by atoms with Crippen LogP contribution in [0.2, 0.25) is 0 Å². The summed E-state index contributed by atoms with van der Waals surface area (Å²) in [6.45, 7) is 10.0. The maximum atomic E-state index is 4.57. The molecule has 18 heavy (non-hydrogen) atoms. The van der Waals surface area contributed by atoms with Crippen LogP contribution in [0.3, 0.4) is 0 Å². The number of aromatic nitrogens is 1. The molecule has 1 aliphatic heterocycles. The summed E-state index contributed by atoms with van der Waals surface area (Å²) in [5.41, 5.74) is 1.22. The number of nitrogens with zero attached hydrogens (tertiary/aromatic N) is 2. The van der Waals surface area contributed by atoms with Crippen LogP contribution in [0.25, 0.3) is 0 Å². The molecule has 1 aromatic heterocycles. The lowest BCUT2D eigenvalue weighted by atomic mass is 9.98. The lowest BCUT2D eigenvalue weighted by Crippen LogP contribution is -2.41. The van der Waals surface area contributed by atoms with Crippen molar-refractivity contribution >= 4 is 5.82 Å². The van der Waals surface area contributed by atoms with E-state index in [2.05, 4.69) is 48.1 Å². The summed E-state index contributed by atoms with van der Waals surface area (Å²) in [6, 6.07) is 4.80. The molecule has 3 nitrogen and oxygen atoms in total. The van der Waals surface area contributed by atoms with Crippen LogP contribution in [-0.2, 0) is 0 Å². The van der Waals surface area contributed by atoms with E-state index in [4.69, 9.17) is 0 Å². The number of pyridine rings is 1. The Bertz CT molecular complexity index is 353. The summed E-state index contributed by atoms with van der Waals surface area (Å²) in [5, 5.41) is 3.49. The van der Waals surface area contributed by atoms with Gasteiger partial charge in [0.1, 0.15) is 5.82 Å². The van der Waals surface area contributed by atoms with Gasteiger partial charge in [0.05, 0.1) is 0 Å². The van der Waals surface area contributed by atoms with E-state index in [9.17, 15) is 0 Å². The van der Waals surface area contributed by atoms with Gasteiger partial charge in [0.2, 0.25) is 0 Å². The topological polar surface area (TPSA) is 28.2 Å². The van der Waals surface area contributed by atoms with Crippen molar-refractivity contribution in [3.63, 3.8) is 0 Å². The van der Waals surface area contributed by atoms with Gasteiger partial charge >= 0.3 is 0 Å². The van der Waals surface area contributed by atoms with Gasteiger partial charge in [-0.15, -0.1) is 0 Å². The van der Waals surface area contributed by atoms with Crippen LogP contribution in [0.5, 0.6) is 0 Å². The first-order chi connectivity index (χ1) is 8.66. The van der Waals surface area contributed by atoms with Gasteiger partial charge in [-0.2, -0.15) is 0 Å². The number of anilines is 1. The van der Waals surface area contributed by atoms with Crippen molar-refractivity contribution in [2.24, 2.45) is 5.92 Å². The van der Waals surface area contributed by atoms with E-state index in [1.54, 1.807) is 0 Å². The average Bonchev–Trinajstić information content (AvgIpc) is 2.38. The van der Waals surface area contributed by atoms with Gasteiger partial charge in [-0.3, -0.25) is 0 Å². The van der Waals surface area contributed by atoms with Crippen molar-refractivity contribution in [2.75, 3.05) is 24.5 Å². The van der Waals surface area contributed by atoms with Crippen LogP contribution in [0.1, 0.15) is 32.3 Å². The third-order valence-electron chi connectivity index (χ3n) is 3.67. The molecular formula is C15H25N3. The van der Waals surface area contributed by atoms with Crippen molar-refractivity contribution in [2.45, 2.75) is 39.7 Å². The smallest absolute Gasteiger partial charge is 0.128 e. The van der Waals surface area contributed by atoms with E-state index < -0.39 is 0 Å². The largest absolute Gasteiger partial charge is 0.354 e. The molecule has 3 heteroatoms. The third-order valence-corrected chi connectivity index (χ3v) is 3.67. The fourth-order valence-electron chi connectivity index (χ4n) is 2.56. The van der Waals surface area contributed by atoms with E-state index >= 15 is 0 Å². The summed E-state index contributed by atoms with van der Waals surface area (Å²) in [7, 11) is 0. The fraction of sp³-hybridized carbons (Fsp3) is 0.667. The molecule has 2 heterocycles. The second-order valence-electron chi connectivity index (χ2n) is 5.65. The Balaban J connectivity index is 2.05. The highest BCUT2D eigenvalue weighted by Crippen LogP contribution is 2.19. The predicted molar refractivity (Wildman–Crippen MR) is 77.0 cm³/mol. The van der Waals surface area contributed by atoms with Crippen LogP contribution >= 0.6 is 0 Å². The molecule has 0 bridgehead atoms. The maximum Gasteiger partial charge on any atom is 0.128 e. The zero-order valence-corrected chi connectivity index (χ0v) is 11.8. The lowest BCUT2D eigenvalue weighted by molar-refractivity contribution is 0.370. The number of rotatable bonds is 4. The minimum absolute atomic E-state index is 0.502. The highest BCUT2D eigenvalue weighted by molar-refractivity contribution is 5.40. The molecule has 1 aromatic rings. The average molecular weight is 247 g/mol. The molecule has 0 saturated carbocycles. The van der Waals surface area contributed by atoms with E-state index in [0.29, 0.717) is 6.04 Å². The summed E-state index contributed by atoms with van der Waals surface area (Å²) in [5.74, 6) is 1.87. The fourth-order valence-corrected chi connectivity index (χ4v) is 2.56. The SMILES string of the molecule is Cc1ccc(N(CC2CCCNC2)C(C)C)nc1. The van der Waals surface area contributed by atoms with E-state index in [1.165, 1.54) is 24.9 Å².